The van der Waals surface area contributed by atoms with Crippen molar-refractivity contribution in [3.05, 3.63) is 71.3 Å². The average Bonchev–Trinajstić information content (AvgIpc) is 2.59. The second-order valence-electron chi connectivity index (χ2n) is 6.54. The van der Waals surface area contributed by atoms with Gasteiger partial charge in [0.05, 0.1) is 5.92 Å². The Morgan fingerprint density at radius 3 is 2.67 bits per heavy atom. The lowest BCUT2D eigenvalue weighted by Gasteiger charge is -2.28. The zero-order valence-corrected chi connectivity index (χ0v) is 14.5. The molecule has 1 N–H and O–H groups in total. The van der Waals surface area contributed by atoms with Crippen LogP contribution in [0.1, 0.15) is 36.5 Å². The van der Waals surface area contributed by atoms with Crippen LogP contribution in [0, 0.1) is 0 Å². The largest absolute Gasteiger partial charge is 0.483 e. The second-order valence-corrected chi connectivity index (χ2v) is 6.73. The number of hydrogen-bond acceptors (Lipinski definition) is 2. The van der Waals surface area contributed by atoms with Crippen molar-refractivity contribution in [2.45, 2.75) is 31.8 Å². The third-order valence-electron chi connectivity index (χ3n) is 4.17. The summed E-state index contributed by atoms with van der Waals surface area (Å²) in [5.74, 6) is 0.274. The highest BCUT2D eigenvalue weighted by molar-refractivity contribution is 6.22. The van der Waals surface area contributed by atoms with E-state index in [-0.39, 0.29) is 17.4 Å². The van der Waals surface area contributed by atoms with Crippen LogP contribution in [0.25, 0.3) is 6.08 Å². The maximum Gasteiger partial charge on any atom is 0.242 e. The van der Waals surface area contributed by atoms with Gasteiger partial charge in [-0.25, -0.2) is 0 Å². The number of benzene rings is 2. The molecule has 4 heteroatoms. The Labute approximate surface area is 147 Å². The van der Waals surface area contributed by atoms with Crippen molar-refractivity contribution in [3.63, 3.8) is 0 Å². The molecule has 0 bridgehead atoms. The molecule has 2 aromatic rings. The van der Waals surface area contributed by atoms with Gasteiger partial charge in [0.15, 0.2) is 0 Å². The molecule has 0 fully saturated rings. The number of ether oxygens (including phenoxy) is 1. The van der Waals surface area contributed by atoms with Crippen LogP contribution >= 0.6 is 11.8 Å². The molecule has 0 aliphatic carbocycles. The SMILES string of the molecule is CC1(C)C=Cc2cc(C(Cc3ccccc3)C(=O)NCl)ccc2O1. The Hall–Kier alpha value is -2.26. The highest BCUT2D eigenvalue weighted by Gasteiger charge is 2.25. The maximum absolute atomic E-state index is 12.3. The summed E-state index contributed by atoms with van der Waals surface area (Å²) >= 11 is 5.61. The maximum atomic E-state index is 12.3. The van der Waals surface area contributed by atoms with Crippen LogP contribution in [0.15, 0.2) is 54.6 Å². The van der Waals surface area contributed by atoms with E-state index in [1.165, 1.54) is 0 Å². The Morgan fingerprint density at radius 2 is 1.96 bits per heavy atom. The first-order valence-electron chi connectivity index (χ1n) is 7.95. The lowest BCUT2D eigenvalue weighted by atomic mass is 9.89. The van der Waals surface area contributed by atoms with E-state index < -0.39 is 0 Å². The smallest absolute Gasteiger partial charge is 0.242 e. The van der Waals surface area contributed by atoms with Crippen molar-refractivity contribution in [1.29, 1.82) is 0 Å². The van der Waals surface area contributed by atoms with Gasteiger partial charge in [0.2, 0.25) is 5.91 Å². The molecular formula is C20H20ClNO2. The summed E-state index contributed by atoms with van der Waals surface area (Å²) in [7, 11) is 0. The van der Waals surface area contributed by atoms with Crippen LogP contribution in [0.4, 0.5) is 0 Å². The van der Waals surface area contributed by atoms with Gasteiger partial charge in [-0.15, -0.1) is 0 Å². The molecule has 124 valence electrons. The number of rotatable bonds is 4. The molecule has 3 rings (SSSR count). The van der Waals surface area contributed by atoms with Crippen LogP contribution in [0.3, 0.4) is 0 Å². The topological polar surface area (TPSA) is 38.3 Å². The zero-order chi connectivity index (χ0) is 17.2. The van der Waals surface area contributed by atoms with E-state index in [1.54, 1.807) is 0 Å². The summed E-state index contributed by atoms with van der Waals surface area (Å²) in [6.45, 7) is 4.03. The van der Waals surface area contributed by atoms with Crippen LogP contribution in [0.5, 0.6) is 5.75 Å². The van der Waals surface area contributed by atoms with Crippen LogP contribution in [-0.2, 0) is 11.2 Å². The lowest BCUT2D eigenvalue weighted by Crippen LogP contribution is -2.28. The van der Waals surface area contributed by atoms with Gasteiger partial charge in [0.25, 0.3) is 0 Å². The Morgan fingerprint density at radius 1 is 1.21 bits per heavy atom. The monoisotopic (exact) mass is 341 g/mol. The number of carbonyl (C=O) groups is 1. The van der Waals surface area contributed by atoms with Crippen molar-refractivity contribution < 1.29 is 9.53 Å². The molecule has 0 radical (unpaired) electrons. The van der Waals surface area contributed by atoms with Gasteiger partial charge in [0.1, 0.15) is 11.4 Å². The first kappa shape index (κ1) is 16.6. The van der Waals surface area contributed by atoms with Gasteiger partial charge in [0, 0.05) is 17.3 Å². The van der Waals surface area contributed by atoms with E-state index in [0.29, 0.717) is 6.42 Å². The molecule has 1 heterocycles. The summed E-state index contributed by atoms with van der Waals surface area (Å²) < 4.78 is 5.95. The van der Waals surface area contributed by atoms with E-state index in [0.717, 1.165) is 22.4 Å². The summed E-state index contributed by atoms with van der Waals surface area (Å²) in [5.41, 5.74) is 2.68. The fourth-order valence-electron chi connectivity index (χ4n) is 2.89. The number of amides is 1. The molecule has 0 saturated heterocycles. The van der Waals surface area contributed by atoms with E-state index in [2.05, 4.69) is 4.84 Å². The number of hydrogen-bond donors (Lipinski definition) is 1. The fourth-order valence-corrected chi connectivity index (χ4v) is 3.02. The Balaban J connectivity index is 1.93. The van der Waals surface area contributed by atoms with Gasteiger partial charge in [-0.2, -0.15) is 0 Å². The zero-order valence-electron chi connectivity index (χ0n) is 13.8. The average molecular weight is 342 g/mol. The summed E-state index contributed by atoms with van der Waals surface area (Å²) in [6.07, 6.45) is 4.65. The number of fused-ring (bicyclic) bond motifs is 1. The first-order valence-corrected chi connectivity index (χ1v) is 8.33. The summed E-state index contributed by atoms with van der Waals surface area (Å²) in [4.78, 5) is 14.6. The molecule has 2 aromatic carbocycles. The number of halogens is 1. The lowest BCUT2D eigenvalue weighted by molar-refractivity contribution is -0.120. The van der Waals surface area contributed by atoms with Crippen LogP contribution in [-0.4, -0.2) is 11.5 Å². The third-order valence-corrected chi connectivity index (χ3v) is 4.35. The van der Waals surface area contributed by atoms with Gasteiger partial charge >= 0.3 is 0 Å². The minimum absolute atomic E-state index is 0.207. The molecule has 0 saturated carbocycles. The van der Waals surface area contributed by atoms with Crippen molar-refractivity contribution in [3.8, 4) is 5.75 Å². The summed E-state index contributed by atoms with van der Waals surface area (Å²) in [5, 5.41) is 0. The third kappa shape index (κ3) is 3.62. The van der Waals surface area contributed by atoms with E-state index in [1.807, 2.05) is 74.5 Å². The van der Waals surface area contributed by atoms with E-state index >= 15 is 0 Å². The molecule has 1 aliphatic heterocycles. The minimum atomic E-state index is -0.349. The fraction of sp³-hybridized carbons (Fsp3) is 0.250. The van der Waals surface area contributed by atoms with Crippen molar-refractivity contribution >= 4 is 23.8 Å². The molecule has 1 unspecified atom stereocenters. The second kappa shape index (κ2) is 6.70. The highest BCUT2D eigenvalue weighted by Crippen LogP contribution is 2.34. The molecule has 1 amide bonds. The van der Waals surface area contributed by atoms with Crippen molar-refractivity contribution in [2.75, 3.05) is 0 Å². The molecular weight excluding hydrogens is 322 g/mol. The highest BCUT2D eigenvalue weighted by atomic mass is 35.5. The predicted molar refractivity (Wildman–Crippen MR) is 97.1 cm³/mol. The van der Waals surface area contributed by atoms with Crippen molar-refractivity contribution in [1.82, 2.24) is 4.84 Å². The summed E-state index contributed by atoms with van der Waals surface area (Å²) in [6, 6.07) is 15.8. The molecule has 1 aliphatic rings. The minimum Gasteiger partial charge on any atom is -0.483 e. The Bertz CT molecular complexity index is 768. The van der Waals surface area contributed by atoms with Gasteiger partial charge in [-0.05, 0) is 49.6 Å². The quantitative estimate of drug-likeness (QED) is 0.833. The van der Waals surface area contributed by atoms with E-state index in [9.17, 15) is 4.79 Å². The van der Waals surface area contributed by atoms with Gasteiger partial charge in [-0.3, -0.25) is 9.63 Å². The first-order chi connectivity index (χ1) is 11.5. The molecule has 0 spiro atoms. The standard InChI is InChI=1S/C20H20ClNO2/c1-20(2)11-10-16-13-15(8-9-18(16)24-20)17(19(23)22-21)12-14-6-4-3-5-7-14/h3-11,13,17H,12H2,1-2H3,(H,22,23). The van der Waals surface area contributed by atoms with Crippen LogP contribution in [0.2, 0.25) is 0 Å². The van der Waals surface area contributed by atoms with Gasteiger partial charge < -0.3 is 4.74 Å². The number of nitrogens with one attached hydrogen (secondary N) is 1. The Kier molecular flexibility index (Phi) is 4.63. The molecule has 24 heavy (non-hydrogen) atoms. The molecule has 0 aromatic heterocycles. The predicted octanol–water partition coefficient (Wildman–Crippen LogP) is 4.47. The number of carbonyl (C=O) groups excluding carboxylic acids is 1. The van der Waals surface area contributed by atoms with Crippen LogP contribution < -0.4 is 9.57 Å². The van der Waals surface area contributed by atoms with E-state index in [4.69, 9.17) is 16.5 Å². The molecule has 3 nitrogen and oxygen atoms in total. The normalized spacial score (nSPS) is 16.0. The van der Waals surface area contributed by atoms with Gasteiger partial charge in [-0.1, -0.05) is 42.5 Å². The molecule has 1 atom stereocenters. The van der Waals surface area contributed by atoms with Crippen molar-refractivity contribution in [2.24, 2.45) is 0 Å².